The van der Waals surface area contributed by atoms with E-state index in [0.29, 0.717) is 6.54 Å². The molecule has 0 radical (unpaired) electrons. The van der Waals surface area contributed by atoms with Crippen LogP contribution in [0, 0.1) is 0 Å². The second-order valence-electron chi connectivity index (χ2n) is 2.78. The second kappa shape index (κ2) is 5.05. The molecule has 1 aromatic heterocycles. The van der Waals surface area contributed by atoms with Crippen LogP contribution in [0.4, 0.5) is 0 Å². The summed E-state index contributed by atoms with van der Waals surface area (Å²) in [5.74, 6) is 0.891. The molecule has 1 aromatic rings. The van der Waals surface area contributed by atoms with Crippen LogP contribution in [0.3, 0.4) is 0 Å². The van der Waals surface area contributed by atoms with E-state index >= 15 is 0 Å². The molecule has 78 valence electrons. The molecule has 14 heavy (non-hydrogen) atoms. The molecule has 0 unspecified atom stereocenters. The Morgan fingerprint density at radius 2 is 2.36 bits per heavy atom. The van der Waals surface area contributed by atoms with Gasteiger partial charge >= 0.3 is 5.97 Å². The average Bonchev–Trinajstić information content (AvgIpc) is 2.57. The van der Waals surface area contributed by atoms with Crippen LogP contribution in [0.2, 0.25) is 0 Å². The molecular weight excluding hydrogens is 200 g/mol. The number of hydrogen-bond acceptors (Lipinski definition) is 3. The standard InChI is InChI=1S/C9H14N2O2S/c1-3-11-7(6-14-4-2)5-8(10-11)9(12)13/h5H,3-4,6H2,1-2H3,(H,12,13). The fourth-order valence-corrected chi connectivity index (χ4v) is 1.80. The normalized spacial score (nSPS) is 10.4. The summed E-state index contributed by atoms with van der Waals surface area (Å²) in [6.45, 7) is 4.75. The van der Waals surface area contributed by atoms with E-state index in [1.807, 2.05) is 6.92 Å². The van der Waals surface area contributed by atoms with Crippen LogP contribution in [0.25, 0.3) is 0 Å². The van der Waals surface area contributed by atoms with Crippen molar-refractivity contribution in [1.29, 1.82) is 0 Å². The predicted octanol–water partition coefficient (Wildman–Crippen LogP) is 1.85. The molecule has 0 aliphatic carbocycles. The van der Waals surface area contributed by atoms with Gasteiger partial charge < -0.3 is 5.11 Å². The maximum absolute atomic E-state index is 10.7. The number of thioether (sulfide) groups is 1. The Morgan fingerprint density at radius 1 is 1.64 bits per heavy atom. The third-order valence-electron chi connectivity index (χ3n) is 1.84. The van der Waals surface area contributed by atoms with E-state index in [-0.39, 0.29) is 5.69 Å². The van der Waals surface area contributed by atoms with Crippen molar-refractivity contribution in [3.8, 4) is 0 Å². The van der Waals surface area contributed by atoms with E-state index in [9.17, 15) is 4.79 Å². The number of carboxylic acid groups (broad SMARTS) is 1. The summed E-state index contributed by atoms with van der Waals surface area (Å²) in [5.41, 5.74) is 1.12. The fourth-order valence-electron chi connectivity index (χ4n) is 1.16. The van der Waals surface area contributed by atoms with Gasteiger partial charge in [-0.05, 0) is 18.7 Å². The van der Waals surface area contributed by atoms with E-state index in [4.69, 9.17) is 5.11 Å². The van der Waals surface area contributed by atoms with Crippen molar-refractivity contribution >= 4 is 17.7 Å². The molecule has 0 aromatic carbocycles. The molecule has 0 fully saturated rings. The summed E-state index contributed by atoms with van der Waals surface area (Å²) >= 11 is 1.76. The smallest absolute Gasteiger partial charge is 0.356 e. The van der Waals surface area contributed by atoms with Gasteiger partial charge in [-0.25, -0.2) is 4.79 Å². The van der Waals surface area contributed by atoms with E-state index in [1.54, 1.807) is 22.5 Å². The van der Waals surface area contributed by atoms with Crippen LogP contribution >= 0.6 is 11.8 Å². The molecule has 1 heterocycles. The lowest BCUT2D eigenvalue weighted by Gasteiger charge is -2.01. The highest BCUT2D eigenvalue weighted by molar-refractivity contribution is 7.98. The van der Waals surface area contributed by atoms with Crippen LogP contribution in [-0.4, -0.2) is 26.6 Å². The van der Waals surface area contributed by atoms with Gasteiger partial charge in [-0.3, -0.25) is 4.68 Å². The van der Waals surface area contributed by atoms with Gasteiger partial charge in [0, 0.05) is 18.0 Å². The van der Waals surface area contributed by atoms with Crippen molar-refractivity contribution in [3.63, 3.8) is 0 Å². The Bertz CT molecular complexity index is 323. The fraction of sp³-hybridized carbons (Fsp3) is 0.556. The maximum Gasteiger partial charge on any atom is 0.356 e. The van der Waals surface area contributed by atoms with E-state index in [2.05, 4.69) is 12.0 Å². The summed E-state index contributed by atoms with van der Waals surface area (Å²) in [4.78, 5) is 10.7. The minimum absolute atomic E-state index is 0.138. The number of aromatic nitrogens is 2. The van der Waals surface area contributed by atoms with Crippen molar-refractivity contribution in [2.24, 2.45) is 0 Å². The lowest BCUT2D eigenvalue weighted by Crippen LogP contribution is -2.03. The number of aromatic carboxylic acids is 1. The first-order valence-electron chi connectivity index (χ1n) is 4.56. The Balaban J connectivity index is 2.85. The Hall–Kier alpha value is -0.970. The molecule has 0 saturated heterocycles. The number of rotatable bonds is 5. The van der Waals surface area contributed by atoms with E-state index < -0.39 is 5.97 Å². The van der Waals surface area contributed by atoms with Crippen molar-refractivity contribution in [3.05, 3.63) is 17.5 Å². The Labute approximate surface area is 87.3 Å². The van der Waals surface area contributed by atoms with Gasteiger partial charge in [-0.2, -0.15) is 16.9 Å². The molecule has 5 heteroatoms. The number of nitrogens with zero attached hydrogens (tertiary/aromatic N) is 2. The number of aryl methyl sites for hydroxylation is 1. The SMILES string of the molecule is CCSCc1cc(C(=O)O)nn1CC. The molecule has 0 amide bonds. The molecule has 0 saturated carbocycles. The van der Waals surface area contributed by atoms with Crippen LogP contribution in [0.15, 0.2) is 6.07 Å². The van der Waals surface area contributed by atoms with E-state index in [1.165, 1.54) is 0 Å². The van der Waals surface area contributed by atoms with Gasteiger partial charge in [0.05, 0.1) is 0 Å². The zero-order valence-electron chi connectivity index (χ0n) is 8.36. The second-order valence-corrected chi connectivity index (χ2v) is 4.05. The van der Waals surface area contributed by atoms with Gasteiger partial charge in [-0.15, -0.1) is 0 Å². The largest absolute Gasteiger partial charge is 0.476 e. The monoisotopic (exact) mass is 214 g/mol. The molecule has 0 aliphatic heterocycles. The molecule has 1 rings (SSSR count). The molecule has 0 aliphatic rings. The van der Waals surface area contributed by atoms with Crippen LogP contribution in [0.5, 0.6) is 0 Å². The van der Waals surface area contributed by atoms with Gasteiger partial charge in [0.25, 0.3) is 0 Å². The first-order valence-corrected chi connectivity index (χ1v) is 5.72. The lowest BCUT2D eigenvalue weighted by atomic mass is 10.4. The minimum Gasteiger partial charge on any atom is -0.476 e. The van der Waals surface area contributed by atoms with Crippen LogP contribution in [0.1, 0.15) is 30.0 Å². The summed E-state index contributed by atoms with van der Waals surface area (Å²) < 4.78 is 1.74. The summed E-state index contributed by atoms with van der Waals surface area (Å²) in [5, 5.41) is 12.7. The summed E-state index contributed by atoms with van der Waals surface area (Å²) in [6, 6.07) is 1.65. The highest BCUT2D eigenvalue weighted by Gasteiger charge is 2.11. The Morgan fingerprint density at radius 3 is 2.86 bits per heavy atom. The van der Waals surface area contributed by atoms with Crippen molar-refractivity contribution in [2.45, 2.75) is 26.1 Å². The average molecular weight is 214 g/mol. The van der Waals surface area contributed by atoms with Gasteiger partial charge in [0.1, 0.15) is 0 Å². The molecule has 1 N–H and O–H groups in total. The molecule has 0 atom stereocenters. The lowest BCUT2D eigenvalue weighted by molar-refractivity contribution is 0.0689. The topological polar surface area (TPSA) is 55.1 Å². The first-order chi connectivity index (χ1) is 6.69. The Kier molecular flexibility index (Phi) is 4.00. The zero-order valence-corrected chi connectivity index (χ0v) is 9.17. The predicted molar refractivity (Wildman–Crippen MR) is 56.7 cm³/mol. The zero-order chi connectivity index (χ0) is 10.6. The van der Waals surface area contributed by atoms with Crippen LogP contribution < -0.4 is 0 Å². The van der Waals surface area contributed by atoms with Crippen molar-refractivity contribution in [2.75, 3.05) is 5.75 Å². The number of carboxylic acids is 1. The van der Waals surface area contributed by atoms with E-state index in [0.717, 1.165) is 17.2 Å². The third-order valence-corrected chi connectivity index (χ3v) is 2.74. The van der Waals surface area contributed by atoms with Gasteiger partial charge in [0.15, 0.2) is 5.69 Å². The quantitative estimate of drug-likeness (QED) is 0.812. The number of hydrogen-bond donors (Lipinski definition) is 1. The highest BCUT2D eigenvalue weighted by Crippen LogP contribution is 2.13. The minimum atomic E-state index is -0.958. The van der Waals surface area contributed by atoms with Gasteiger partial charge in [0.2, 0.25) is 0 Å². The van der Waals surface area contributed by atoms with Crippen molar-refractivity contribution in [1.82, 2.24) is 9.78 Å². The summed E-state index contributed by atoms with van der Waals surface area (Å²) in [7, 11) is 0. The van der Waals surface area contributed by atoms with Gasteiger partial charge in [-0.1, -0.05) is 6.92 Å². The molecule has 4 nitrogen and oxygen atoms in total. The molecule has 0 bridgehead atoms. The highest BCUT2D eigenvalue weighted by atomic mass is 32.2. The first kappa shape index (κ1) is 11.1. The van der Waals surface area contributed by atoms with Crippen LogP contribution in [-0.2, 0) is 12.3 Å². The molecule has 0 spiro atoms. The third kappa shape index (κ3) is 2.51. The molecular formula is C9H14N2O2S. The maximum atomic E-state index is 10.7. The van der Waals surface area contributed by atoms with Crippen molar-refractivity contribution < 1.29 is 9.90 Å². The summed E-state index contributed by atoms with van der Waals surface area (Å²) in [6.07, 6.45) is 0. The number of carbonyl (C=O) groups is 1.